The van der Waals surface area contributed by atoms with Gasteiger partial charge in [-0.15, -0.1) is 0 Å². The Labute approximate surface area is 154 Å². The van der Waals surface area contributed by atoms with Gasteiger partial charge in [0.2, 0.25) is 0 Å². The van der Waals surface area contributed by atoms with Crippen LogP contribution in [0.5, 0.6) is 0 Å². The van der Waals surface area contributed by atoms with Crippen LogP contribution in [0.3, 0.4) is 0 Å². The fraction of sp³-hybridized carbons (Fsp3) is 0.316. The van der Waals surface area contributed by atoms with E-state index in [0.717, 1.165) is 11.1 Å². The molecule has 7 heteroatoms. The van der Waals surface area contributed by atoms with Gasteiger partial charge in [-0.3, -0.25) is 0 Å². The first-order valence-corrected chi connectivity index (χ1v) is 8.42. The molecule has 2 aromatic carbocycles. The van der Waals surface area contributed by atoms with E-state index in [9.17, 15) is 13.2 Å². The van der Waals surface area contributed by atoms with Crippen LogP contribution in [0.4, 0.5) is 18.9 Å². The number of anilines is 1. The fourth-order valence-corrected chi connectivity index (χ4v) is 3.37. The third kappa shape index (κ3) is 3.14. The minimum absolute atomic E-state index is 0.0593. The van der Waals surface area contributed by atoms with E-state index in [4.69, 9.17) is 16.4 Å². The van der Waals surface area contributed by atoms with Gasteiger partial charge in [-0.1, -0.05) is 52.1 Å². The van der Waals surface area contributed by atoms with Gasteiger partial charge in [0.1, 0.15) is 0 Å². The van der Waals surface area contributed by atoms with E-state index in [1.54, 1.807) is 39.1 Å². The largest absolute Gasteiger partial charge is 0.435 e. The molecule has 0 saturated heterocycles. The molecule has 3 rings (SSSR count). The quantitative estimate of drug-likeness (QED) is 0.751. The number of hydrogen-bond donors (Lipinski definition) is 1. The van der Waals surface area contributed by atoms with E-state index < -0.39 is 18.2 Å². The molecular formula is C19H18ClF3N2O. The Kier molecular flexibility index (Phi) is 4.65. The van der Waals surface area contributed by atoms with Crippen LogP contribution in [0.15, 0.2) is 41.6 Å². The molecule has 26 heavy (non-hydrogen) atoms. The van der Waals surface area contributed by atoms with E-state index in [1.165, 1.54) is 12.1 Å². The molecule has 0 bridgehead atoms. The van der Waals surface area contributed by atoms with Gasteiger partial charge in [0, 0.05) is 24.6 Å². The highest BCUT2D eigenvalue weighted by molar-refractivity contribution is 6.33. The lowest BCUT2D eigenvalue weighted by atomic mass is 9.85. The van der Waals surface area contributed by atoms with E-state index in [1.807, 2.05) is 6.07 Å². The highest BCUT2D eigenvalue weighted by Gasteiger charge is 2.62. The maximum atomic E-state index is 14.0. The van der Waals surface area contributed by atoms with Gasteiger partial charge >= 0.3 is 6.18 Å². The molecule has 1 atom stereocenters. The van der Waals surface area contributed by atoms with E-state index in [-0.39, 0.29) is 11.3 Å². The number of aryl methyl sites for hydroxylation is 2. The second kappa shape index (κ2) is 6.50. The summed E-state index contributed by atoms with van der Waals surface area (Å²) in [4.78, 5) is 5.08. The minimum Gasteiger partial charge on any atom is -0.387 e. The van der Waals surface area contributed by atoms with Crippen LogP contribution in [0.25, 0.3) is 0 Å². The molecule has 1 unspecified atom stereocenters. The molecule has 0 aromatic heterocycles. The van der Waals surface area contributed by atoms with Gasteiger partial charge in [0.05, 0.1) is 16.4 Å². The Bertz CT molecular complexity index is 859. The van der Waals surface area contributed by atoms with Crippen molar-refractivity contribution in [2.24, 2.45) is 5.16 Å². The van der Waals surface area contributed by atoms with Crippen molar-refractivity contribution in [1.29, 1.82) is 0 Å². The SMILES string of the molecule is CNc1cc(C2=NOC(c3cc(C)cc(C)c3)(C(F)(F)F)C2)ccc1Cl. The van der Waals surface area contributed by atoms with Gasteiger partial charge in [-0.05, 0) is 26.0 Å². The van der Waals surface area contributed by atoms with Gasteiger partial charge in [-0.2, -0.15) is 13.2 Å². The molecule has 1 aliphatic heterocycles. The van der Waals surface area contributed by atoms with Crippen molar-refractivity contribution >= 4 is 23.0 Å². The van der Waals surface area contributed by atoms with Crippen molar-refractivity contribution in [2.75, 3.05) is 12.4 Å². The highest BCUT2D eigenvalue weighted by Crippen LogP contribution is 2.49. The first kappa shape index (κ1) is 18.6. The van der Waals surface area contributed by atoms with Gasteiger partial charge in [-0.25, -0.2) is 0 Å². The predicted octanol–water partition coefficient (Wildman–Crippen LogP) is 5.58. The summed E-state index contributed by atoms with van der Waals surface area (Å²) in [5.74, 6) is 0. The first-order chi connectivity index (χ1) is 12.2. The van der Waals surface area contributed by atoms with E-state index in [2.05, 4.69) is 10.5 Å². The van der Waals surface area contributed by atoms with Crippen molar-refractivity contribution in [2.45, 2.75) is 32.0 Å². The van der Waals surface area contributed by atoms with Crippen LogP contribution in [-0.4, -0.2) is 18.9 Å². The van der Waals surface area contributed by atoms with Crippen LogP contribution in [-0.2, 0) is 10.4 Å². The molecule has 1 aliphatic rings. The summed E-state index contributed by atoms with van der Waals surface area (Å²) in [6.07, 6.45) is -5.01. The summed E-state index contributed by atoms with van der Waals surface area (Å²) in [5, 5.41) is 7.18. The summed E-state index contributed by atoms with van der Waals surface area (Å²) in [5.41, 5.74) is 0.434. The molecule has 0 spiro atoms. The Morgan fingerprint density at radius 2 is 1.77 bits per heavy atom. The standard InChI is InChI=1S/C19H18ClF3N2O/c1-11-6-12(2)8-14(7-11)18(19(21,22)23)10-17(25-26-18)13-4-5-15(20)16(9-13)24-3/h4-9,24H,10H2,1-3H3. The van der Waals surface area contributed by atoms with Gasteiger partial charge < -0.3 is 10.2 Å². The zero-order valence-corrected chi connectivity index (χ0v) is 15.3. The number of rotatable bonds is 3. The number of alkyl halides is 3. The molecule has 2 aromatic rings. The number of nitrogens with one attached hydrogen (secondary N) is 1. The van der Waals surface area contributed by atoms with Crippen LogP contribution >= 0.6 is 11.6 Å². The zero-order valence-electron chi connectivity index (χ0n) is 14.5. The molecule has 1 N–H and O–H groups in total. The summed E-state index contributed by atoms with van der Waals surface area (Å²) < 4.78 is 42.1. The smallest absolute Gasteiger partial charge is 0.387 e. The van der Waals surface area contributed by atoms with Crippen molar-refractivity contribution in [1.82, 2.24) is 0 Å². The highest BCUT2D eigenvalue weighted by atomic mass is 35.5. The van der Waals surface area contributed by atoms with Gasteiger partial charge in [0.25, 0.3) is 5.60 Å². The topological polar surface area (TPSA) is 33.6 Å². The summed E-state index contributed by atoms with van der Waals surface area (Å²) >= 11 is 6.05. The number of benzene rings is 2. The monoisotopic (exact) mass is 382 g/mol. The van der Waals surface area contributed by atoms with Crippen molar-refractivity contribution in [3.63, 3.8) is 0 Å². The van der Waals surface area contributed by atoms with Crippen LogP contribution < -0.4 is 5.32 Å². The Morgan fingerprint density at radius 1 is 1.12 bits per heavy atom. The van der Waals surface area contributed by atoms with E-state index >= 15 is 0 Å². The van der Waals surface area contributed by atoms with Crippen molar-refractivity contribution in [3.8, 4) is 0 Å². The Balaban J connectivity index is 2.04. The lowest BCUT2D eigenvalue weighted by Gasteiger charge is -2.30. The average Bonchev–Trinajstić information content (AvgIpc) is 3.01. The maximum absolute atomic E-state index is 14.0. The first-order valence-electron chi connectivity index (χ1n) is 8.04. The molecule has 0 fully saturated rings. The predicted molar refractivity (Wildman–Crippen MR) is 96.9 cm³/mol. The number of halogens is 4. The maximum Gasteiger partial charge on any atom is 0.435 e. The third-order valence-electron chi connectivity index (χ3n) is 4.44. The number of nitrogens with zero attached hydrogens (tertiary/aromatic N) is 1. The zero-order chi connectivity index (χ0) is 19.1. The molecule has 0 radical (unpaired) electrons. The molecule has 138 valence electrons. The second-order valence-corrected chi connectivity index (χ2v) is 6.86. The van der Waals surface area contributed by atoms with E-state index in [0.29, 0.717) is 16.3 Å². The summed E-state index contributed by atoms with van der Waals surface area (Å²) in [6, 6.07) is 9.75. The molecule has 3 nitrogen and oxygen atoms in total. The lowest BCUT2D eigenvalue weighted by Crippen LogP contribution is -2.42. The molecule has 0 saturated carbocycles. The summed E-state index contributed by atoms with van der Waals surface area (Å²) in [6.45, 7) is 3.52. The van der Waals surface area contributed by atoms with Crippen LogP contribution in [0.2, 0.25) is 5.02 Å². The number of hydrogen-bond acceptors (Lipinski definition) is 3. The Hall–Kier alpha value is -2.21. The van der Waals surface area contributed by atoms with Crippen LogP contribution in [0, 0.1) is 13.8 Å². The second-order valence-electron chi connectivity index (χ2n) is 6.45. The van der Waals surface area contributed by atoms with Crippen LogP contribution in [0.1, 0.15) is 28.7 Å². The Morgan fingerprint density at radius 3 is 2.35 bits per heavy atom. The fourth-order valence-electron chi connectivity index (χ4n) is 3.16. The number of oxime groups is 1. The average molecular weight is 383 g/mol. The lowest BCUT2D eigenvalue weighted by molar-refractivity contribution is -0.275. The summed E-state index contributed by atoms with van der Waals surface area (Å²) in [7, 11) is 1.69. The van der Waals surface area contributed by atoms with Crippen molar-refractivity contribution in [3.05, 3.63) is 63.7 Å². The molecule has 1 heterocycles. The molecule has 0 aliphatic carbocycles. The van der Waals surface area contributed by atoms with Crippen molar-refractivity contribution < 1.29 is 18.0 Å². The molecular weight excluding hydrogens is 365 g/mol. The normalized spacial score (nSPS) is 19.9. The minimum atomic E-state index is -4.61. The van der Waals surface area contributed by atoms with Gasteiger partial charge in [0.15, 0.2) is 0 Å². The molecule has 0 amide bonds. The third-order valence-corrected chi connectivity index (χ3v) is 4.77.